The first-order valence-corrected chi connectivity index (χ1v) is 5.86. The van der Waals surface area contributed by atoms with Gasteiger partial charge < -0.3 is 9.84 Å². The quantitative estimate of drug-likeness (QED) is 0.733. The van der Waals surface area contributed by atoms with Crippen molar-refractivity contribution in [3.63, 3.8) is 0 Å². The summed E-state index contributed by atoms with van der Waals surface area (Å²) in [5.74, 6) is 1.14. The summed E-state index contributed by atoms with van der Waals surface area (Å²) in [5.41, 5.74) is 0. The van der Waals surface area contributed by atoms with E-state index in [0.717, 1.165) is 6.42 Å². The van der Waals surface area contributed by atoms with Crippen LogP contribution in [0.25, 0.3) is 0 Å². The third-order valence-electron chi connectivity index (χ3n) is 2.39. The van der Waals surface area contributed by atoms with E-state index in [-0.39, 0.29) is 11.9 Å². The Morgan fingerprint density at radius 2 is 2.24 bits per heavy atom. The van der Waals surface area contributed by atoms with Gasteiger partial charge in [0.1, 0.15) is 0 Å². The molecule has 1 amide bonds. The van der Waals surface area contributed by atoms with E-state index in [1.54, 1.807) is 0 Å². The second kappa shape index (κ2) is 7.01. The molecule has 17 heavy (non-hydrogen) atoms. The SMILES string of the molecule is CC(C)CCNC(=O)C(C)NCc1ncon1. The van der Waals surface area contributed by atoms with Crippen molar-refractivity contribution in [1.29, 1.82) is 0 Å². The van der Waals surface area contributed by atoms with Crippen LogP contribution >= 0.6 is 0 Å². The number of hydrogen-bond donors (Lipinski definition) is 2. The Balaban J connectivity index is 2.18. The number of carbonyl (C=O) groups excluding carboxylic acids is 1. The first kappa shape index (κ1) is 13.6. The summed E-state index contributed by atoms with van der Waals surface area (Å²) < 4.78 is 4.60. The molecule has 0 aliphatic rings. The smallest absolute Gasteiger partial charge is 0.236 e. The van der Waals surface area contributed by atoms with Gasteiger partial charge in [0.05, 0.1) is 12.6 Å². The highest BCUT2D eigenvalue weighted by molar-refractivity contribution is 5.81. The molecule has 0 radical (unpaired) electrons. The molecular formula is C11H20N4O2. The molecule has 0 aromatic carbocycles. The van der Waals surface area contributed by atoms with Crippen molar-refractivity contribution in [2.75, 3.05) is 6.54 Å². The first-order valence-electron chi connectivity index (χ1n) is 5.86. The van der Waals surface area contributed by atoms with Crippen LogP contribution in [0.1, 0.15) is 33.0 Å². The van der Waals surface area contributed by atoms with Crippen molar-refractivity contribution in [1.82, 2.24) is 20.8 Å². The molecule has 6 heteroatoms. The van der Waals surface area contributed by atoms with E-state index >= 15 is 0 Å². The molecule has 1 aromatic heterocycles. The van der Waals surface area contributed by atoms with Crippen molar-refractivity contribution in [2.45, 2.75) is 39.8 Å². The van der Waals surface area contributed by atoms with Gasteiger partial charge in [-0.05, 0) is 19.3 Å². The monoisotopic (exact) mass is 240 g/mol. The first-order chi connectivity index (χ1) is 8.09. The van der Waals surface area contributed by atoms with Gasteiger partial charge in [0, 0.05) is 6.54 Å². The number of aromatic nitrogens is 2. The summed E-state index contributed by atoms with van der Waals surface area (Å²) in [6, 6.07) is -0.263. The van der Waals surface area contributed by atoms with E-state index in [9.17, 15) is 4.79 Å². The zero-order chi connectivity index (χ0) is 12.7. The Labute approximate surface area is 101 Å². The molecular weight excluding hydrogens is 220 g/mol. The molecule has 0 fully saturated rings. The van der Waals surface area contributed by atoms with Crippen LogP contribution in [-0.4, -0.2) is 28.6 Å². The fourth-order valence-corrected chi connectivity index (χ4v) is 1.24. The molecule has 0 bridgehead atoms. The van der Waals surface area contributed by atoms with E-state index in [1.165, 1.54) is 6.39 Å². The van der Waals surface area contributed by atoms with Crippen LogP contribution in [0.2, 0.25) is 0 Å². The summed E-state index contributed by atoms with van der Waals surface area (Å²) in [7, 11) is 0. The van der Waals surface area contributed by atoms with Gasteiger partial charge in [-0.1, -0.05) is 19.0 Å². The van der Waals surface area contributed by atoms with Crippen LogP contribution in [0.5, 0.6) is 0 Å². The molecule has 0 aliphatic carbocycles. The predicted molar refractivity (Wildman–Crippen MR) is 63.1 cm³/mol. The number of rotatable bonds is 7. The minimum Gasteiger partial charge on any atom is -0.355 e. The predicted octanol–water partition coefficient (Wildman–Crippen LogP) is 0.710. The molecule has 0 spiro atoms. The fourth-order valence-electron chi connectivity index (χ4n) is 1.24. The van der Waals surface area contributed by atoms with E-state index in [4.69, 9.17) is 0 Å². The molecule has 0 saturated carbocycles. The summed E-state index contributed by atoms with van der Waals surface area (Å²) >= 11 is 0. The zero-order valence-corrected chi connectivity index (χ0v) is 10.6. The summed E-state index contributed by atoms with van der Waals surface area (Å²) in [4.78, 5) is 15.5. The molecule has 0 saturated heterocycles. The van der Waals surface area contributed by atoms with Gasteiger partial charge in [-0.2, -0.15) is 4.98 Å². The Bertz CT molecular complexity index is 324. The van der Waals surface area contributed by atoms with Gasteiger partial charge in [-0.15, -0.1) is 0 Å². The van der Waals surface area contributed by atoms with Crippen molar-refractivity contribution >= 4 is 5.91 Å². The molecule has 6 nitrogen and oxygen atoms in total. The molecule has 1 rings (SSSR count). The number of carbonyl (C=O) groups is 1. The van der Waals surface area contributed by atoms with Crippen LogP contribution in [0.4, 0.5) is 0 Å². The largest absolute Gasteiger partial charge is 0.355 e. The minimum atomic E-state index is -0.263. The molecule has 0 aliphatic heterocycles. The standard InChI is InChI=1S/C11H20N4O2/c1-8(2)4-5-12-11(16)9(3)13-6-10-14-7-17-15-10/h7-9,13H,4-6H2,1-3H3,(H,12,16). The van der Waals surface area contributed by atoms with Crippen LogP contribution in [0, 0.1) is 5.92 Å². The Morgan fingerprint density at radius 1 is 1.47 bits per heavy atom. The average molecular weight is 240 g/mol. The van der Waals surface area contributed by atoms with Gasteiger partial charge in [0.15, 0.2) is 5.82 Å². The minimum absolute atomic E-state index is 0.00542. The van der Waals surface area contributed by atoms with Crippen LogP contribution in [0.15, 0.2) is 10.9 Å². The van der Waals surface area contributed by atoms with E-state index in [0.29, 0.717) is 24.8 Å². The lowest BCUT2D eigenvalue weighted by Crippen LogP contribution is -2.42. The van der Waals surface area contributed by atoms with E-state index < -0.39 is 0 Å². The van der Waals surface area contributed by atoms with Gasteiger partial charge in [-0.25, -0.2) is 0 Å². The Hall–Kier alpha value is -1.43. The maximum Gasteiger partial charge on any atom is 0.236 e. The number of hydrogen-bond acceptors (Lipinski definition) is 5. The lowest BCUT2D eigenvalue weighted by atomic mass is 10.1. The number of nitrogens with zero attached hydrogens (tertiary/aromatic N) is 2. The normalized spacial score (nSPS) is 12.7. The molecule has 1 unspecified atom stereocenters. The van der Waals surface area contributed by atoms with Gasteiger partial charge in [-0.3, -0.25) is 10.1 Å². The molecule has 1 aromatic rings. The lowest BCUT2D eigenvalue weighted by molar-refractivity contribution is -0.122. The number of amides is 1. The Kier molecular flexibility index (Phi) is 5.62. The number of nitrogens with one attached hydrogen (secondary N) is 2. The highest BCUT2D eigenvalue weighted by Crippen LogP contribution is 1.96. The third kappa shape index (κ3) is 5.44. The van der Waals surface area contributed by atoms with Crippen molar-refractivity contribution in [3.8, 4) is 0 Å². The molecule has 1 heterocycles. The van der Waals surface area contributed by atoms with Crippen molar-refractivity contribution in [2.24, 2.45) is 5.92 Å². The second-order valence-electron chi connectivity index (χ2n) is 4.42. The van der Waals surface area contributed by atoms with Crippen LogP contribution in [-0.2, 0) is 11.3 Å². The summed E-state index contributed by atoms with van der Waals surface area (Å²) in [5, 5.41) is 9.56. The van der Waals surface area contributed by atoms with Crippen LogP contribution in [0.3, 0.4) is 0 Å². The van der Waals surface area contributed by atoms with Crippen molar-refractivity contribution in [3.05, 3.63) is 12.2 Å². The van der Waals surface area contributed by atoms with Crippen molar-refractivity contribution < 1.29 is 9.32 Å². The molecule has 2 N–H and O–H groups in total. The molecule has 1 atom stereocenters. The lowest BCUT2D eigenvalue weighted by Gasteiger charge is -2.13. The van der Waals surface area contributed by atoms with Gasteiger partial charge in [0.2, 0.25) is 12.3 Å². The van der Waals surface area contributed by atoms with Gasteiger partial charge in [0.25, 0.3) is 0 Å². The van der Waals surface area contributed by atoms with Gasteiger partial charge >= 0.3 is 0 Å². The summed E-state index contributed by atoms with van der Waals surface area (Å²) in [6.07, 6.45) is 2.26. The summed E-state index contributed by atoms with van der Waals surface area (Å²) in [6.45, 7) is 7.21. The van der Waals surface area contributed by atoms with E-state index in [2.05, 4.69) is 39.1 Å². The Morgan fingerprint density at radius 3 is 2.82 bits per heavy atom. The third-order valence-corrected chi connectivity index (χ3v) is 2.39. The highest BCUT2D eigenvalue weighted by atomic mass is 16.5. The van der Waals surface area contributed by atoms with Crippen LogP contribution < -0.4 is 10.6 Å². The zero-order valence-electron chi connectivity index (χ0n) is 10.6. The highest BCUT2D eigenvalue weighted by Gasteiger charge is 2.12. The molecule has 96 valence electrons. The topological polar surface area (TPSA) is 80.0 Å². The maximum atomic E-state index is 11.6. The maximum absolute atomic E-state index is 11.6. The van der Waals surface area contributed by atoms with E-state index in [1.807, 2.05) is 6.92 Å². The second-order valence-corrected chi connectivity index (χ2v) is 4.42. The fraction of sp³-hybridized carbons (Fsp3) is 0.727. The average Bonchev–Trinajstić information content (AvgIpc) is 2.78.